The number of alkyl halides is 2. The van der Waals surface area contributed by atoms with E-state index >= 15 is 0 Å². The monoisotopic (exact) mass is 594 g/mol. The summed E-state index contributed by atoms with van der Waals surface area (Å²) < 4.78 is 45.5. The molecule has 2 heterocycles. The molecule has 0 saturated carbocycles. The first-order chi connectivity index (χ1) is 20.1. The molecule has 1 saturated heterocycles. The van der Waals surface area contributed by atoms with Crippen LogP contribution in [0.25, 0.3) is 0 Å². The molecule has 14 heteroatoms. The van der Waals surface area contributed by atoms with Crippen molar-refractivity contribution in [3.05, 3.63) is 53.1 Å². The maximum Gasteiger partial charge on any atom is 0.412 e. The lowest BCUT2D eigenvalue weighted by molar-refractivity contribution is -0.146. The summed E-state index contributed by atoms with van der Waals surface area (Å²) in [6.45, 7) is 1.92. The summed E-state index contributed by atoms with van der Waals surface area (Å²) >= 11 is 0. The van der Waals surface area contributed by atoms with Crippen molar-refractivity contribution in [1.29, 1.82) is 0 Å². The van der Waals surface area contributed by atoms with E-state index < -0.39 is 48.0 Å². The van der Waals surface area contributed by atoms with Crippen molar-refractivity contribution in [2.24, 2.45) is 0 Å². The van der Waals surface area contributed by atoms with Gasteiger partial charge in [0.05, 0.1) is 25.7 Å². The number of rotatable bonds is 15. The van der Waals surface area contributed by atoms with Gasteiger partial charge < -0.3 is 24.6 Å². The molecule has 3 N–H and O–H groups in total. The van der Waals surface area contributed by atoms with Gasteiger partial charge >= 0.3 is 23.7 Å². The van der Waals surface area contributed by atoms with E-state index in [4.69, 9.17) is 14.2 Å². The zero-order valence-corrected chi connectivity index (χ0v) is 23.3. The molecule has 2 aromatic rings. The number of carbonyl (C=O) groups excluding carboxylic acids is 3. The molecule has 1 fully saturated rings. The Morgan fingerprint density at radius 3 is 2.48 bits per heavy atom. The Morgan fingerprint density at radius 1 is 1.02 bits per heavy atom. The van der Waals surface area contributed by atoms with Gasteiger partial charge in [-0.25, -0.2) is 9.59 Å². The molecule has 2 amide bonds. The normalized spacial score (nSPS) is 19.2. The van der Waals surface area contributed by atoms with E-state index in [1.165, 1.54) is 0 Å². The van der Waals surface area contributed by atoms with E-state index in [0.29, 0.717) is 16.7 Å². The first kappa shape index (κ1) is 32.6. The van der Waals surface area contributed by atoms with E-state index in [1.807, 2.05) is 0 Å². The van der Waals surface area contributed by atoms with E-state index in [9.17, 15) is 33.1 Å². The molecule has 3 atom stereocenters. The second-order valence-electron chi connectivity index (χ2n) is 9.75. The molecule has 3 rings (SSSR count). The van der Waals surface area contributed by atoms with Gasteiger partial charge in [0, 0.05) is 24.7 Å². The predicted molar refractivity (Wildman–Crippen MR) is 147 cm³/mol. The number of unbranched alkanes of at least 4 members (excludes halogenated alkanes) is 4. The van der Waals surface area contributed by atoms with Crippen molar-refractivity contribution in [3.8, 4) is 0 Å². The Hall–Kier alpha value is -3.91. The summed E-state index contributed by atoms with van der Waals surface area (Å²) in [6.07, 6.45) is -1.67. The molecule has 1 aromatic carbocycles. The molecule has 1 aliphatic heterocycles. The van der Waals surface area contributed by atoms with E-state index in [0.717, 1.165) is 37.9 Å². The number of ether oxygens (including phenoxy) is 3. The van der Waals surface area contributed by atoms with Crippen LogP contribution in [-0.2, 0) is 23.8 Å². The summed E-state index contributed by atoms with van der Waals surface area (Å²) in [5.41, 5.74) is -0.574. The highest BCUT2D eigenvalue weighted by Crippen LogP contribution is 2.43. The van der Waals surface area contributed by atoms with Crippen molar-refractivity contribution in [2.75, 3.05) is 23.8 Å². The van der Waals surface area contributed by atoms with Gasteiger partial charge in [-0.05, 0) is 24.6 Å². The zero-order valence-electron chi connectivity index (χ0n) is 23.3. The molecule has 230 valence electrons. The minimum atomic E-state index is -3.87. The Kier molecular flexibility index (Phi) is 12.4. The number of halogens is 2. The second kappa shape index (κ2) is 15.9. The fourth-order valence-electron chi connectivity index (χ4n) is 4.20. The average molecular weight is 595 g/mol. The SMILES string of the molecule is CCCCCCCOC(=O)Nc1ccn([C@@H]2O[C@H](CCOC(=O)CCC(=O)Nc3ccccc3)[C@@H](O)C2(F)F)c(=O)n1. The van der Waals surface area contributed by atoms with Gasteiger partial charge in [-0.3, -0.25) is 19.5 Å². The number of carbonyl (C=O) groups is 3. The zero-order chi connectivity index (χ0) is 30.5. The lowest BCUT2D eigenvalue weighted by Crippen LogP contribution is -2.41. The molecule has 0 bridgehead atoms. The number of hydrogen-bond donors (Lipinski definition) is 3. The van der Waals surface area contributed by atoms with Crippen LogP contribution < -0.4 is 16.3 Å². The minimum Gasteiger partial charge on any atom is -0.466 e. The molecular weight excluding hydrogens is 558 g/mol. The smallest absolute Gasteiger partial charge is 0.412 e. The quantitative estimate of drug-likeness (QED) is 0.205. The van der Waals surface area contributed by atoms with Crippen LogP contribution in [0.15, 0.2) is 47.4 Å². The lowest BCUT2D eigenvalue weighted by Gasteiger charge is -2.21. The van der Waals surface area contributed by atoms with Crippen LogP contribution in [-0.4, -0.2) is 64.0 Å². The van der Waals surface area contributed by atoms with Crippen LogP contribution >= 0.6 is 0 Å². The number of nitrogens with one attached hydrogen (secondary N) is 2. The van der Waals surface area contributed by atoms with Gasteiger partial charge in [-0.1, -0.05) is 50.8 Å². The van der Waals surface area contributed by atoms with Gasteiger partial charge in [0.1, 0.15) is 11.9 Å². The molecule has 12 nitrogen and oxygen atoms in total. The minimum absolute atomic E-state index is 0.145. The molecule has 1 aromatic heterocycles. The van der Waals surface area contributed by atoms with Crippen molar-refractivity contribution < 1.29 is 42.5 Å². The van der Waals surface area contributed by atoms with Gasteiger partial charge in [0.2, 0.25) is 12.1 Å². The number of aromatic nitrogens is 2. The highest BCUT2D eigenvalue weighted by molar-refractivity contribution is 5.92. The van der Waals surface area contributed by atoms with Crippen molar-refractivity contribution >= 4 is 29.5 Å². The number of anilines is 2. The van der Waals surface area contributed by atoms with Gasteiger partial charge in [0.15, 0.2) is 0 Å². The molecule has 0 radical (unpaired) electrons. The maximum absolute atomic E-state index is 14.8. The largest absolute Gasteiger partial charge is 0.466 e. The van der Waals surface area contributed by atoms with E-state index in [-0.39, 0.29) is 38.3 Å². The Morgan fingerprint density at radius 2 is 1.76 bits per heavy atom. The number of nitrogens with zero attached hydrogens (tertiary/aromatic N) is 2. The third kappa shape index (κ3) is 9.58. The fourth-order valence-corrected chi connectivity index (χ4v) is 4.20. The van der Waals surface area contributed by atoms with Gasteiger partial charge in [-0.15, -0.1) is 0 Å². The third-order valence-electron chi connectivity index (χ3n) is 6.45. The van der Waals surface area contributed by atoms with Crippen molar-refractivity contribution in [1.82, 2.24) is 9.55 Å². The van der Waals surface area contributed by atoms with Crippen molar-refractivity contribution in [3.63, 3.8) is 0 Å². The van der Waals surface area contributed by atoms with Crippen LogP contribution in [0, 0.1) is 0 Å². The number of amides is 2. The molecule has 0 spiro atoms. The van der Waals surface area contributed by atoms with Crippen LogP contribution in [0.5, 0.6) is 0 Å². The third-order valence-corrected chi connectivity index (χ3v) is 6.45. The fraction of sp³-hybridized carbons (Fsp3) is 0.536. The highest BCUT2D eigenvalue weighted by atomic mass is 19.3. The van der Waals surface area contributed by atoms with Crippen LogP contribution in [0.4, 0.5) is 25.1 Å². The van der Waals surface area contributed by atoms with Crippen molar-refractivity contribution in [2.45, 2.75) is 82.6 Å². The second-order valence-corrected chi connectivity index (χ2v) is 9.75. The molecule has 0 aliphatic carbocycles. The summed E-state index contributed by atoms with van der Waals surface area (Å²) in [6, 6.07) is 9.78. The molecule has 0 unspecified atom stereocenters. The summed E-state index contributed by atoms with van der Waals surface area (Å²) in [7, 11) is 0. The first-order valence-electron chi connectivity index (χ1n) is 13.9. The van der Waals surface area contributed by atoms with Gasteiger partial charge in [-0.2, -0.15) is 13.8 Å². The van der Waals surface area contributed by atoms with Gasteiger partial charge in [0.25, 0.3) is 0 Å². The van der Waals surface area contributed by atoms with Crippen LogP contribution in [0.2, 0.25) is 0 Å². The van der Waals surface area contributed by atoms with Crippen LogP contribution in [0.3, 0.4) is 0 Å². The molecule has 42 heavy (non-hydrogen) atoms. The number of para-hydroxylation sites is 1. The topological polar surface area (TPSA) is 158 Å². The first-order valence-corrected chi connectivity index (χ1v) is 13.9. The highest BCUT2D eigenvalue weighted by Gasteiger charge is 2.59. The standard InChI is InChI=1S/C28H36F2N4O8/c1-2-3-4-5-9-17-41-27(39)33-21-14-16-34(26(38)32-21)25-28(29,30)24(37)20(42-25)15-18-40-23(36)13-12-22(35)31-19-10-7-6-8-11-19/h6-8,10-11,14,16,20,24-25,37H,2-5,9,12-13,15,17-18H2,1H3,(H,31,35)(H,32,33,38,39)/t20-,24-,25-/m1/s1. The lowest BCUT2D eigenvalue weighted by atomic mass is 10.1. The Labute approximate surface area is 241 Å². The van der Waals surface area contributed by atoms with E-state index in [2.05, 4.69) is 22.5 Å². The number of hydrogen-bond acceptors (Lipinski definition) is 9. The Balaban J connectivity index is 1.45. The van der Waals surface area contributed by atoms with E-state index in [1.54, 1.807) is 30.3 Å². The Bertz CT molecular complexity index is 1240. The number of benzene rings is 1. The number of aliphatic hydroxyl groups excluding tert-OH is 1. The summed E-state index contributed by atoms with van der Waals surface area (Å²) in [4.78, 5) is 51.9. The average Bonchev–Trinajstić information content (AvgIpc) is 3.18. The summed E-state index contributed by atoms with van der Waals surface area (Å²) in [5, 5.41) is 15.1. The predicted octanol–water partition coefficient (Wildman–Crippen LogP) is 4.01. The molecular formula is C28H36F2N4O8. The van der Waals surface area contributed by atoms with Crippen LogP contribution in [0.1, 0.15) is 64.5 Å². The number of aliphatic hydroxyl groups is 1. The molecule has 1 aliphatic rings. The maximum atomic E-state index is 14.8. The summed E-state index contributed by atoms with van der Waals surface area (Å²) in [5.74, 6) is -5.20. The number of esters is 1.